The fourth-order valence-electron chi connectivity index (χ4n) is 2.73. The van der Waals surface area contributed by atoms with Crippen molar-refractivity contribution in [2.24, 2.45) is 0 Å². The third-order valence-corrected chi connectivity index (χ3v) is 3.95. The summed E-state index contributed by atoms with van der Waals surface area (Å²) in [7, 11) is 1.66. The summed E-state index contributed by atoms with van der Waals surface area (Å²) in [6.45, 7) is 6.43. The van der Waals surface area contributed by atoms with Crippen molar-refractivity contribution in [1.82, 2.24) is 5.32 Å². The van der Waals surface area contributed by atoms with Crippen molar-refractivity contribution in [3.05, 3.63) is 59.2 Å². The standard InChI is InChI=1S/C21H27NO3/c1-15-11-16(2)13-20(12-15)25-17(3)21(23)22-10-6-8-18-7-5-9-19(14-18)24-4/h5,7,9,11-14,17H,6,8,10H2,1-4H3,(H,22,23)/t17-/m1/s1. The largest absolute Gasteiger partial charge is 0.497 e. The summed E-state index contributed by atoms with van der Waals surface area (Å²) in [6, 6.07) is 14.0. The first kappa shape index (κ1) is 18.8. The minimum absolute atomic E-state index is 0.0928. The molecular formula is C21H27NO3. The number of carbonyl (C=O) groups excluding carboxylic acids is 1. The van der Waals surface area contributed by atoms with Gasteiger partial charge in [0, 0.05) is 6.54 Å². The van der Waals surface area contributed by atoms with Crippen LogP contribution in [0, 0.1) is 13.8 Å². The molecule has 2 aromatic rings. The molecule has 4 heteroatoms. The van der Waals surface area contributed by atoms with E-state index in [1.54, 1.807) is 14.0 Å². The molecule has 0 bridgehead atoms. The maximum absolute atomic E-state index is 12.2. The molecule has 0 spiro atoms. The van der Waals surface area contributed by atoms with Crippen LogP contribution in [-0.2, 0) is 11.2 Å². The minimum Gasteiger partial charge on any atom is -0.497 e. The number of aryl methyl sites for hydroxylation is 3. The molecule has 0 saturated heterocycles. The van der Waals surface area contributed by atoms with E-state index in [4.69, 9.17) is 9.47 Å². The number of methoxy groups -OCH3 is 1. The predicted molar refractivity (Wildman–Crippen MR) is 100 cm³/mol. The monoisotopic (exact) mass is 341 g/mol. The van der Waals surface area contributed by atoms with Gasteiger partial charge in [-0.15, -0.1) is 0 Å². The molecule has 0 saturated carbocycles. The molecule has 0 aromatic heterocycles. The second kappa shape index (κ2) is 9.11. The average Bonchev–Trinajstić information content (AvgIpc) is 2.57. The Morgan fingerprint density at radius 3 is 2.48 bits per heavy atom. The number of carbonyl (C=O) groups is 1. The summed E-state index contributed by atoms with van der Waals surface area (Å²) in [5.74, 6) is 1.50. The summed E-state index contributed by atoms with van der Waals surface area (Å²) in [6.07, 6.45) is 1.25. The van der Waals surface area contributed by atoms with E-state index in [2.05, 4.69) is 17.4 Å². The van der Waals surface area contributed by atoms with E-state index >= 15 is 0 Å². The zero-order valence-electron chi connectivity index (χ0n) is 15.5. The summed E-state index contributed by atoms with van der Waals surface area (Å²) >= 11 is 0. The molecule has 0 aliphatic heterocycles. The lowest BCUT2D eigenvalue weighted by atomic mass is 10.1. The second-order valence-electron chi connectivity index (χ2n) is 6.33. The van der Waals surface area contributed by atoms with Crippen molar-refractivity contribution in [3.63, 3.8) is 0 Å². The normalized spacial score (nSPS) is 11.7. The number of amides is 1. The first-order valence-corrected chi connectivity index (χ1v) is 8.63. The molecule has 0 heterocycles. The van der Waals surface area contributed by atoms with Crippen molar-refractivity contribution in [2.45, 2.75) is 39.7 Å². The zero-order chi connectivity index (χ0) is 18.2. The van der Waals surface area contributed by atoms with Crippen LogP contribution in [0.15, 0.2) is 42.5 Å². The van der Waals surface area contributed by atoms with Crippen molar-refractivity contribution in [2.75, 3.05) is 13.7 Å². The molecule has 1 atom stereocenters. The van der Waals surface area contributed by atoms with E-state index in [0.29, 0.717) is 6.54 Å². The van der Waals surface area contributed by atoms with Crippen LogP contribution in [0.25, 0.3) is 0 Å². The number of hydrogen-bond acceptors (Lipinski definition) is 3. The number of ether oxygens (including phenoxy) is 2. The van der Waals surface area contributed by atoms with Crippen LogP contribution in [0.1, 0.15) is 30.0 Å². The summed E-state index contributed by atoms with van der Waals surface area (Å²) in [5, 5.41) is 2.94. The van der Waals surface area contributed by atoms with Gasteiger partial charge in [0.05, 0.1) is 7.11 Å². The zero-order valence-corrected chi connectivity index (χ0v) is 15.5. The molecule has 134 valence electrons. The molecule has 4 nitrogen and oxygen atoms in total. The Labute approximate surface area is 150 Å². The molecule has 25 heavy (non-hydrogen) atoms. The van der Waals surface area contributed by atoms with Crippen LogP contribution in [0.2, 0.25) is 0 Å². The fourth-order valence-corrected chi connectivity index (χ4v) is 2.73. The van der Waals surface area contributed by atoms with Gasteiger partial charge in [0.2, 0.25) is 0 Å². The van der Waals surface area contributed by atoms with Crippen LogP contribution < -0.4 is 14.8 Å². The molecule has 0 aliphatic rings. The minimum atomic E-state index is -0.516. The van der Waals surface area contributed by atoms with Gasteiger partial charge in [-0.25, -0.2) is 0 Å². The Balaban J connectivity index is 1.75. The Kier molecular flexibility index (Phi) is 6.87. The quantitative estimate of drug-likeness (QED) is 0.742. The topological polar surface area (TPSA) is 47.6 Å². The van der Waals surface area contributed by atoms with E-state index < -0.39 is 6.10 Å². The molecule has 0 unspecified atom stereocenters. The lowest BCUT2D eigenvalue weighted by Gasteiger charge is -2.15. The van der Waals surface area contributed by atoms with Gasteiger partial charge in [-0.3, -0.25) is 4.79 Å². The molecular weight excluding hydrogens is 314 g/mol. The van der Waals surface area contributed by atoms with Crippen molar-refractivity contribution in [1.29, 1.82) is 0 Å². The summed E-state index contributed by atoms with van der Waals surface area (Å²) < 4.78 is 11.0. The highest BCUT2D eigenvalue weighted by Gasteiger charge is 2.14. The van der Waals surface area contributed by atoms with E-state index in [9.17, 15) is 4.79 Å². The Hall–Kier alpha value is -2.49. The van der Waals surface area contributed by atoms with Gasteiger partial charge >= 0.3 is 0 Å². The molecule has 0 aliphatic carbocycles. The first-order valence-electron chi connectivity index (χ1n) is 8.63. The number of hydrogen-bond donors (Lipinski definition) is 1. The smallest absolute Gasteiger partial charge is 0.260 e. The maximum Gasteiger partial charge on any atom is 0.260 e. The number of rotatable bonds is 8. The highest BCUT2D eigenvalue weighted by Crippen LogP contribution is 2.17. The Bertz CT molecular complexity index is 692. The number of nitrogens with one attached hydrogen (secondary N) is 1. The lowest BCUT2D eigenvalue weighted by molar-refractivity contribution is -0.127. The average molecular weight is 341 g/mol. The molecule has 0 radical (unpaired) electrons. The molecule has 2 aromatic carbocycles. The summed E-state index contributed by atoms with van der Waals surface area (Å²) in [5.41, 5.74) is 3.45. The Morgan fingerprint density at radius 2 is 1.80 bits per heavy atom. The van der Waals surface area contributed by atoms with Gasteiger partial charge in [0.1, 0.15) is 11.5 Å². The van der Waals surface area contributed by atoms with Crippen LogP contribution in [0.5, 0.6) is 11.5 Å². The maximum atomic E-state index is 12.2. The van der Waals surface area contributed by atoms with Gasteiger partial charge in [0.15, 0.2) is 6.10 Å². The van der Waals surface area contributed by atoms with Gasteiger partial charge in [0.25, 0.3) is 5.91 Å². The van der Waals surface area contributed by atoms with Gasteiger partial charge in [-0.2, -0.15) is 0 Å². The van der Waals surface area contributed by atoms with E-state index in [1.165, 1.54) is 5.56 Å². The Morgan fingerprint density at radius 1 is 1.08 bits per heavy atom. The fraction of sp³-hybridized carbons (Fsp3) is 0.381. The van der Waals surface area contributed by atoms with Crippen LogP contribution in [0.4, 0.5) is 0 Å². The van der Waals surface area contributed by atoms with Crippen LogP contribution in [0.3, 0.4) is 0 Å². The molecule has 0 fully saturated rings. The number of benzene rings is 2. The van der Waals surface area contributed by atoms with Crippen molar-refractivity contribution < 1.29 is 14.3 Å². The van der Waals surface area contributed by atoms with Gasteiger partial charge in [-0.1, -0.05) is 18.2 Å². The molecule has 2 rings (SSSR count). The van der Waals surface area contributed by atoms with E-state index in [-0.39, 0.29) is 5.91 Å². The predicted octanol–water partition coefficient (Wildman–Crippen LogP) is 3.83. The molecule has 1 N–H and O–H groups in total. The highest BCUT2D eigenvalue weighted by atomic mass is 16.5. The third-order valence-electron chi connectivity index (χ3n) is 3.95. The van der Waals surface area contributed by atoms with Gasteiger partial charge in [-0.05, 0) is 74.6 Å². The first-order chi connectivity index (χ1) is 12.0. The van der Waals surface area contributed by atoms with E-state index in [1.807, 2.05) is 44.2 Å². The van der Waals surface area contributed by atoms with Crippen molar-refractivity contribution >= 4 is 5.91 Å². The van der Waals surface area contributed by atoms with Crippen LogP contribution in [-0.4, -0.2) is 25.7 Å². The van der Waals surface area contributed by atoms with Gasteiger partial charge < -0.3 is 14.8 Å². The highest BCUT2D eigenvalue weighted by molar-refractivity contribution is 5.80. The third kappa shape index (κ3) is 6.14. The lowest BCUT2D eigenvalue weighted by Crippen LogP contribution is -2.37. The van der Waals surface area contributed by atoms with Crippen LogP contribution >= 0.6 is 0 Å². The van der Waals surface area contributed by atoms with Crippen molar-refractivity contribution in [3.8, 4) is 11.5 Å². The van der Waals surface area contributed by atoms with E-state index in [0.717, 1.165) is 35.5 Å². The second-order valence-corrected chi connectivity index (χ2v) is 6.33. The SMILES string of the molecule is COc1cccc(CCCNC(=O)[C@@H](C)Oc2cc(C)cc(C)c2)c1. The summed E-state index contributed by atoms with van der Waals surface area (Å²) in [4.78, 5) is 12.2. The molecule has 1 amide bonds.